The molecule has 1 nitrogen and oxygen atoms in total. The second-order valence-corrected chi connectivity index (χ2v) is 0.885. The normalized spacial score (nSPS) is 5.71. The predicted octanol–water partition coefficient (Wildman–Crippen LogP) is -1.87. The molecule has 0 bridgehead atoms. The molecule has 0 spiro atoms. The topological polar surface area (TPSA) is 15.8 Å². The van der Waals surface area contributed by atoms with Crippen molar-refractivity contribution < 1.29 is 88.9 Å². The van der Waals surface area contributed by atoms with Crippen molar-refractivity contribution in [3.05, 3.63) is 24.5 Å². The van der Waals surface area contributed by atoms with Crippen LogP contribution in [-0.4, -0.2) is 4.98 Å². The molecular weight excluding hydrogens is 246 g/mol. The Kier molecular flexibility index (Phi) is 13.2. The molecule has 1 aromatic heterocycles. The van der Waals surface area contributed by atoms with Gasteiger partial charge in [0.25, 0.3) is 0 Å². The van der Waals surface area contributed by atoms with Crippen LogP contribution in [0.3, 0.4) is 0 Å². The Morgan fingerprint density at radius 2 is 1.57 bits per heavy atom. The summed E-state index contributed by atoms with van der Waals surface area (Å²) >= 11 is 0. The van der Waals surface area contributed by atoms with Gasteiger partial charge in [-0.3, -0.25) is 0 Å². The van der Waals surface area contributed by atoms with Crippen LogP contribution in [-0.2, 0) is 18.6 Å². The summed E-state index contributed by atoms with van der Waals surface area (Å²) in [5, 5.41) is 0. The van der Waals surface area contributed by atoms with Gasteiger partial charge < -0.3 is 6.41 Å². The number of aromatic amines is 1. The van der Waals surface area contributed by atoms with E-state index in [1.54, 1.807) is 0 Å². The Morgan fingerprint density at radius 1 is 1.14 bits per heavy atom. The van der Waals surface area contributed by atoms with E-state index in [-0.39, 0.29) is 88.9 Å². The molecule has 1 heterocycles. The molecule has 1 radical (unpaired) electrons. The van der Waals surface area contributed by atoms with Crippen LogP contribution >= 0.6 is 0 Å². The number of rotatable bonds is 0. The number of hydrogen-bond acceptors (Lipinski definition) is 0. The molecule has 0 aromatic carbocycles. The summed E-state index contributed by atoms with van der Waals surface area (Å²) in [5.41, 5.74) is 0. The summed E-state index contributed by atoms with van der Waals surface area (Å²) < 4.78 is 0. The predicted molar refractivity (Wildman–Crippen MR) is 21.9 cm³/mol. The van der Waals surface area contributed by atoms with Gasteiger partial charge in [0.2, 0.25) is 0 Å². The molecule has 1 N–H and O–H groups in total. The summed E-state index contributed by atoms with van der Waals surface area (Å²) in [4.78, 5) is 2.86. The van der Waals surface area contributed by atoms with Crippen molar-refractivity contribution in [3.8, 4) is 0 Å². The number of aromatic nitrogens is 1. The van der Waals surface area contributed by atoms with Crippen molar-refractivity contribution in [2.45, 2.75) is 0 Å². The summed E-state index contributed by atoms with van der Waals surface area (Å²) in [6.45, 7) is 0. The van der Waals surface area contributed by atoms with Crippen LogP contribution < -0.4 is 68.9 Å². The molecule has 3 heteroatoms. The minimum Gasteiger partial charge on any atom is -1.00 e. The monoisotopic (exact) mass is 252 g/mol. The van der Waals surface area contributed by atoms with E-state index < -0.39 is 0 Å². The van der Waals surface area contributed by atoms with Gasteiger partial charge in [-0.15, -0.1) is 0 Å². The van der Waals surface area contributed by atoms with Crippen LogP contribution in [0.1, 0.15) is 1.43 Å². The van der Waals surface area contributed by atoms with Crippen LogP contribution in [0.25, 0.3) is 0 Å². The maximum Gasteiger partial charge on any atom is 1.00 e. The first-order valence-corrected chi connectivity index (χ1v) is 1.58. The van der Waals surface area contributed by atoms with E-state index in [9.17, 15) is 0 Å². The Bertz CT molecular complexity index is 72.5. The summed E-state index contributed by atoms with van der Waals surface area (Å²) in [6.07, 6.45) is 3.75. The van der Waals surface area contributed by atoms with Crippen LogP contribution in [0.4, 0.5) is 0 Å². The molecule has 1 aromatic rings. The fraction of sp³-hybridized carbons (Fsp3) is 0. The molecule has 0 saturated carbocycles. The van der Waals surface area contributed by atoms with E-state index in [2.05, 4.69) is 4.98 Å². The average Bonchev–Trinajstić information content (AvgIpc) is 1.76. The maximum atomic E-state index is 2.86. The smallest absolute Gasteiger partial charge is 1.00 e. The van der Waals surface area contributed by atoms with E-state index in [0.29, 0.717) is 0 Å². The Hall–Kier alpha value is 1.92. The zero-order valence-electron chi connectivity index (χ0n) is 5.26. The van der Waals surface area contributed by atoms with Crippen molar-refractivity contribution in [2.24, 2.45) is 0 Å². The van der Waals surface area contributed by atoms with Gasteiger partial charge in [0, 0.05) is 30.9 Å². The fourth-order valence-corrected chi connectivity index (χ4v) is 0.278. The molecule has 0 aliphatic heterocycles. The van der Waals surface area contributed by atoms with Crippen molar-refractivity contribution >= 4 is 0 Å². The van der Waals surface area contributed by atoms with Crippen molar-refractivity contribution in [2.75, 3.05) is 0 Å². The van der Waals surface area contributed by atoms with Crippen LogP contribution in [0, 0.1) is 0 Å². The molecule has 33 valence electrons. The molecule has 0 unspecified atom stereocenters. The van der Waals surface area contributed by atoms with Crippen molar-refractivity contribution in [1.82, 2.24) is 4.98 Å². The van der Waals surface area contributed by atoms with Gasteiger partial charge in [-0.2, -0.15) is 0 Å². The molecule has 0 fully saturated rings. The molecule has 0 aliphatic carbocycles. The first-order chi connectivity index (χ1) is 2.50. The van der Waals surface area contributed by atoms with Gasteiger partial charge in [-0.25, -0.2) is 0 Å². The minimum absolute atomic E-state index is 0. The average molecular weight is 252 g/mol. The van der Waals surface area contributed by atoms with Crippen LogP contribution in [0.2, 0.25) is 0 Å². The SMILES string of the molecule is [Cs+].[H-].[V].c1cc[nH]c1. The van der Waals surface area contributed by atoms with Gasteiger partial charge >= 0.3 is 68.9 Å². The van der Waals surface area contributed by atoms with E-state index in [1.807, 2.05) is 24.5 Å². The molecule has 7 heavy (non-hydrogen) atoms. The van der Waals surface area contributed by atoms with Crippen LogP contribution in [0.15, 0.2) is 24.5 Å². The third kappa shape index (κ3) is 5.79. The van der Waals surface area contributed by atoms with E-state index in [4.69, 9.17) is 0 Å². The van der Waals surface area contributed by atoms with Crippen molar-refractivity contribution in [3.63, 3.8) is 0 Å². The first kappa shape index (κ1) is 11.7. The molecule has 0 atom stereocenters. The third-order valence-electron chi connectivity index (χ3n) is 0.496. The minimum atomic E-state index is 0. The molecule has 0 amide bonds. The van der Waals surface area contributed by atoms with Gasteiger partial charge in [0.1, 0.15) is 0 Å². The summed E-state index contributed by atoms with van der Waals surface area (Å²) in [6, 6.07) is 3.89. The third-order valence-corrected chi connectivity index (χ3v) is 0.496. The van der Waals surface area contributed by atoms with Crippen molar-refractivity contribution in [1.29, 1.82) is 0 Å². The molecule has 1 rings (SSSR count). The second kappa shape index (κ2) is 7.92. The molecule has 0 aliphatic rings. The zero-order chi connectivity index (χ0) is 3.54. The van der Waals surface area contributed by atoms with Gasteiger partial charge in [0.15, 0.2) is 0 Å². The first-order valence-electron chi connectivity index (χ1n) is 1.58. The Labute approximate surface area is 115 Å². The summed E-state index contributed by atoms with van der Waals surface area (Å²) in [5.74, 6) is 0. The van der Waals surface area contributed by atoms with Gasteiger partial charge in [-0.1, -0.05) is 0 Å². The fourth-order valence-electron chi connectivity index (χ4n) is 0.278. The standard InChI is InChI=1S/C4H5N.Cs.V.H/c1-2-4-5-3-1;;;/h1-5H;;;/q;+1;;-1. The van der Waals surface area contributed by atoms with Gasteiger partial charge in [0.05, 0.1) is 0 Å². The van der Waals surface area contributed by atoms with Gasteiger partial charge in [-0.05, 0) is 12.1 Å². The largest absolute Gasteiger partial charge is 1.00 e. The van der Waals surface area contributed by atoms with E-state index in [1.165, 1.54) is 0 Å². The number of H-pyrrole nitrogens is 1. The number of nitrogens with one attached hydrogen (secondary N) is 1. The maximum absolute atomic E-state index is 2.86. The molecule has 0 saturated heterocycles. The Balaban J connectivity index is -0.0000000833. The zero-order valence-corrected chi connectivity index (χ0v) is 11.9. The van der Waals surface area contributed by atoms with E-state index >= 15 is 0 Å². The second-order valence-electron chi connectivity index (χ2n) is 0.885. The summed E-state index contributed by atoms with van der Waals surface area (Å²) in [7, 11) is 0. The van der Waals surface area contributed by atoms with Crippen LogP contribution in [0.5, 0.6) is 0 Å². The quantitative estimate of drug-likeness (QED) is 0.556. The Morgan fingerprint density at radius 3 is 1.71 bits per heavy atom. The number of hydrogen-bond donors (Lipinski definition) is 1. The molecular formula is C4H6CsNV. The van der Waals surface area contributed by atoms with E-state index in [0.717, 1.165) is 0 Å².